The van der Waals surface area contributed by atoms with Gasteiger partial charge in [-0.2, -0.15) is 0 Å². The van der Waals surface area contributed by atoms with Crippen molar-refractivity contribution in [3.63, 3.8) is 0 Å². The molecule has 0 aliphatic heterocycles. The minimum absolute atomic E-state index is 0.0820. The lowest BCUT2D eigenvalue weighted by molar-refractivity contribution is -0.127. The Morgan fingerprint density at radius 1 is 1.35 bits per heavy atom. The number of carbonyl (C=O) groups is 1. The molecule has 20 heavy (non-hydrogen) atoms. The molecule has 1 amide bonds. The number of aromatic nitrogens is 3. The van der Waals surface area contributed by atoms with Gasteiger partial charge < -0.3 is 9.47 Å². The third-order valence-electron chi connectivity index (χ3n) is 2.96. The summed E-state index contributed by atoms with van der Waals surface area (Å²) in [5.74, 6) is 0.452. The van der Waals surface area contributed by atoms with Gasteiger partial charge in [0.15, 0.2) is 5.16 Å². The molecular weight excluding hydrogens is 272 g/mol. The van der Waals surface area contributed by atoms with Crippen molar-refractivity contribution in [1.82, 2.24) is 19.7 Å². The topological polar surface area (TPSA) is 51.0 Å². The molecule has 1 heterocycles. The van der Waals surface area contributed by atoms with Crippen LogP contribution in [0.2, 0.25) is 0 Å². The molecule has 0 spiro atoms. The Hall–Kier alpha value is -1.82. The molecule has 0 saturated heterocycles. The third kappa shape index (κ3) is 3.84. The highest BCUT2D eigenvalue weighted by molar-refractivity contribution is 7.99. The number of hydrogen-bond donors (Lipinski definition) is 0. The van der Waals surface area contributed by atoms with Gasteiger partial charge in [-0.05, 0) is 12.5 Å². The van der Waals surface area contributed by atoms with Crippen LogP contribution in [0, 0.1) is 6.92 Å². The van der Waals surface area contributed by atoms with E-state index in [9.17, 15) is 4.79 Å². The lowest BCUT2D eigenvalue weighted by Gasteiger charge is -2.17. The maximum absolute atomic E-state index is 12.1. The highest BCUT2D eigenvalue weighted by Crippen LogP contribution is 2.14. The molecule has 106 valence electrons. The number of aryl methyl sites for hydroxylation is 2. The minimum Gasteiger partial charge on any atom is -0.341 e. The molecule has 0 atom stereocenters. The first-order valence-electron chi connectivity index (χ1n) is 6.32. The zero-order valence-electron chi connectivity index (χ0n) is 11.9. The summed E-state index contributed by atoms with van der Waals surface area (Å²) in [7, 11) is 3.68. The molecule has 0 saturated carbocycles. The van der Waals surface area contributed by atoms with Crippen molar-refractivity contribution in [1.29, 1.82) is 0 Å². The van der Waals surface area contributed by atoms with Crippen LogP contribution in [-0.2, 0) is 18.4 Å². The van der Waals surface area contributed by atoms with Crippen molar-refractivity contribution in [2.75, 3.05) is 12.8 Å². The van der Waals surface area contributed by atoms with Gasteiger partial charge >= 0.3 is 0 Å². The molecule has 0 unspecified atom stereocenters. The van der Waals surface area contributed by atoms with Crippen LogP contribution >= 0.6 is 11.8 Å². The fraction of sp³-hybridized carbons (Fsp3) is 0.357. The Kier molecular flexibility index (Phi) is 4.79. The molecule has 1 aromatic carbocycles. The lowest BCUT2D eigenvalue weighted by atomic mass is 10.1. The molecular formula is C14H18N4OS. The Morgan fingerprint density at radius 3 is 2.65 bits per heavy atom. The second-order valence-corrected chi connectivity index (χ2v) is 5.69. The summed E-state index contributed by atoms with van der Waals surface area (Å²) in [4.78, 5) is 13.8. The van der Waals surface area contributed by atoms with Crippen molar-refractivity contribution in [2.24, 2.45) is 7.05 Å². The molecule has 0 aliphatic carbocycles. The monoisotopic (exact) mass is 290 g/mol. The highest BCUT2D eigenvalue weighted by atomic mass is 32.2. The predicted octanol–water partition coefficient (Wildman–Crippen LogP) is 1.87. The molecule has 0 aliphatic rings. The van der Waals surface area contributed by atoms with Crippen LogP contribution in [0.4, 0.5) is 0 Å². The molecule has 0 radical (unpaired) electrons. The SMILES string of the molecule is Cc1ccc(CN(C)C(=O)CSc2nncn2C)cc1. The Bertz CT molecular complexity index is 579. The summed E-state index contributed by atoms with van der Waals surface area (Å²) in [5, 5.41) is 8.49. The molecule has 2 rings (SSSR count). The Balaban J connectivity index is 1.86. The molecule has 1 aromatic heterocycles. The van der Waals surface area contributed by atoms with E-state index in [0.717, 1.165) is 10.7 Å². The van der Waals surface area contributed by atoms with E-state index in [1.54, 1.807) is 15.8 Å². The van der Waals surface area contributed by atoms with E-state index in [2.05, 4.69) is 41.4 Å². The number of thioether (sulfide) groups is 1. The van der Waals surface area contributed by atoms with Crippen molar-refractivity contribution in [3.8, 4) is 0 Å². The fourth-order valence-corrected chi connectivity index (χ4v) is 2.52. The summed E-state index contributed by atoms with van der Waals surface area (Å²) in [5.41, 5.74) is 2.36. The first kappa shape index (κ1) is 14.6. The summed E-state index contributed by atoms with van der Waals surface area (Å²) in [6.45, 7) is 2.68. The number of nitrogens with zero attached hydrogens (tertiary/aromatic N) is 4. The normalized spacial score (nSPS) is 10.6. The predicted molar refractivity (Wildman–Crippen MR) is 79.4 cm³/mol. The second-order valence-electron chi connectivity index (χ2n) is 4.75. The Labute approximate surface area is 123 Å². The van der Waals surface area contributed by atoms with E-state index >= 15 is 0 Å². The Morgan fingerprint density at radius 2 is 2.05 bits per heavy atom. The van der Waals surface area contributed by atoms with Crippen LogP contribution in [0.1, 0.15) is 11.1 Å². The van der Waals surface area contributed by atoms with Crippen molar-refractivity contribution >= 4 is 17.7 Å². The smallest absolute Gasteiger partial charge is 0.233 e. The lowest BCUT2D eigenvalue weighted by Crippen LogP contribution is -2.27. The van der Waals surface area contributed by atoms with Gasteiger partial charge in [-0.1, -0.05) is 41.6 Å². The first-order chi connectivity index (χ1) is 9.56. The van der Waals surface area contributed by atoms with E-state index in [4.69, 9.17) is 0 Å². The average Bonchev–Trinajstić information content (AvgIpc) is 2.84. The number of rotatable bonds is 5. The number of benzene rings is 1. The molecule has 0 bridgehead atoms. The van der Waals surface area contributed by atoms with Crippen LogP contribution in [0.15, 0.2) is 35.7 Å². The second kappa shape index (κ2) is 6.56. The maximum atomic E-state index is 12.1. The number of hydrogen-bond acceptors (Lipinski definition) is 4. The van der Waals surface area contributed by atoms with Crippen molar-refractivity contribution < 1.29 is 4.79 Å². The van der Waals surface area contributed by atoms with Crippen LogP contribution in [0.5, 0.6) is 0 Å². The summed E-state index contributed by atoms with van der Waals surface area (Å²) < 4.78 is 1.80. The number of carbonyl (C=O) groups excluding carboxylic acids is 1. The summed E-state index contributed by atoms with van der Waals surface area (Å²) in [6, 6.07) is 8.22. The molecule has 5 nitrogen and oxygen atoms in total. The van der Waals surface area contributed by atoms with Gasteiger partial charge in [0, 0.05) is 20.6 Å². The zero-order chi connectivity index (χ0) is 14.5. The highest BCUT2D eigenvalue weighted by Gasteiger charge is 2.11. The molecule has 6 heteroatoms. The van der Waals surface area contributed by atoms with Crippen LogP contribution in [-0.4, -0.2) is 38.4 Å². The van der Waals surface area contributed by atoms with Crippen molar-refractivity contribution in [2.45, 2.75) is 18.6 Å². The van der Waals surface area contributed by atoms with Crippen LogP contribution in [0.3, 0.4) is 0 Å². The number of amides is 1. The van der Waals surface area contributed by atoms with Gasteiger partial charge in [0.1, 0.15) is 6.33 Å². The largest absolute Gasteiger partial charge is 0.341 e. The van der Waals surface area contributed by atoms with Crippen LogP contribution in [0.25, 0.3) is 0 Å². The fourth-order valence-electron chi connectivity index (χ4n) is 1.70. The zero-order valence-corrected chi connectivity index (χ0v) is 12.7. The third-order valence-corrected chi connectivity index (χ3v) is 3.98. The molecule has 2 aromatic rings. The maximum Gasteiger partial charge on any atom is 0.233 e. The van der Waals surface area contributed by atoms with E-state index in [-0.39, 0.29) is 5.91 Å². The summed E-state index contributed by atoms with van der Waals surface area (Å²) in [6.07, 6.45) is 1.63. The van der Waals surface area contributed by atoms with E-state index in [0.29, 0.717) is 12.3 Å². The van der Waals surface area contributed by atoms with Gasteiger partial charge in [-0.15, -0.1) is 10.2 Å². The van der Waals surface area contributed by atoms with Gasteiger partial charge in [-0.3, -0.25) is 4.79 Å². The summed E-state index contributed by atoms with van der Waals surface area (Å²) >= 11 is 1.40. The quantitative estimate of drug-likeness (QED) is 0.789. The first-order valence-corrected chi connectivity index (χ1v) is 7.31. The standard InChI is InChI=1S/C14H18N4OS/c1-11-4-6-12(7-5-11)8-17(2)13(19)9-20-14-16-15-10-18(14)3/h4-7,10H,8-9H2,1-3H3. The van der Waals surface area contributed by atoms with Gasteiger partial charge in [-0.25, -0.2) is 0 Å². The van der Waals surface area contributed by atoms with E-state index < -0.39 is 0 Å². The van der Waals surface area contributed by atoms with Gasteiger partial charge in [0.05, 0.1) is 5.75 Å². The van der Waals surface area contributed by atoms with E-state index in [1.807, 2.05) is 14.1 Å². The van der Waals surface area contributed by atoms with Crippen molar-refractivity contribution in [3.05, 3.63) is 41.7 Å². The van der Waals surface area contributed by atoms with E-state index in [1.165, 1.54) is 17.3 Å². The average molecular weight is 290 g/mol. The van der Waals surface area contributed by atoms with Gasteiger partial charge in [0.25, 0.3) is 0 Å². The molecule has 0 N–H and O–H groups in total. The molecule has 0 fully saturated rings. The minimum atomic E-state index is 0.0820. The van der Waals surface area contributed by atoms with Crippen LogP contribution < -0.4 is 0 Å². The van der Waals surface area contributed by atoms with Gasteiger partial charge in [0.2, 0.25) is 5.91 Å².